The van der Waals surface area contributed by atoms with Gasteiger partial charge in [-0.3, -0.25) is 14.4 Å². The number of hydrogen-bond acceptors (Lipinski definition) is 3. The van der Waals surface area contributed by atoms with Crippen LogP contribution in [0.3, 0.4) is 0 Å². The molecular weight excluding hydrogens is 216 g/mol. The number of carbonyl (C=O) groups is 3. The van der Waals surface area contributed by atoms with E-state index in [-0.39, 0.29) is 23.3 Å². The van der Waals surface area contributed by atoms with E-state index in [4.69, 9.17) is 0 Å². The fourth-order valence-corrected chi connectivity index (χ4v) is 5.17. The molecule has 5 fully saturated rings. The summed E-state index contributed by atoms with van der Waals surface area (Å²) in [5, 5.41) is 0. The van der Waals surface area contributed by atoms with Crippen LogP contribution >= 0.6 is 0 Å². The van der Waals surface area contributed by atoms with Crippen molar-refractivity contribution in [2.45, 2.75) is 38.5 Å². The van der Waals surface area contributed by atoms with Gasteiger partial charge in [0.15, 0.2) is 17.3 Å². The second-order valence-corrected chi connectivity index (χ2v) is 6.29. The third-order valence-corrected chi connectivity index (χ3v) is 5.81. The third-order valence-electron chi connectivity index (χ3n) is 5.81. The molecule has 5 aliphatic carbocycles. The van der Waals surface area contributed by atoms with Gasteiger partial charge >= 0.3 is 0 Å². The predicted molar refractivity (Wildman–Crippen MR) is 59.1 cm³/mol. The maximum atomic E-state index is 12.5. The number of hydrogen-bond donors (Lipinski definition) is 0. The number of ketones is 3. The van der Waals surface area contributed by atoms with Gasteiger partial charge in [0.25, 0.3) is 0 Å². The molecule has 0 heterocycles. The summed E-state index contributed by atoms with van der Waals surface area (Å²) in [7, 11) is 0. The average Bonchev–Trinajstić information content (AvgIpc) is 2.36. The van der Waals surface area contributed by atoms with E-state index in [1.165, 1.54) is 0 Å². The molecule has 0 aromatic rings. The monoisotopic (exact) mass is 232 g/mol. The maximum absolute atomic E-state index is 12.5. The van der Waals surface area contributed by atoms with Gasteiger partial charge in [-0.2, -0.15) is 0 Å². The first-order chi connectivity index (χ1) is 8.16. The molecular formula is C14H16O3. The lowest BCUT2D eigenvalue weighted by Crippen LogP contribution is -2.68. The number of rotatable bonds is 0. The zero-order valence-corrected chi connectivity index (χ0v) is 9.78. The Morgan fingerprint density at radius 3 is 2.24 bits per heavy atom. The highest BCUT2D eigenvalue weighted by atomic mass is 16.2. The smallest absolute Gasteiger partial charge is 0.157 e. The van der Waals surface area contributed by atoms with Crippen molar-refractivity contribution < 1.29 is 14.4 Å². The molecule has 0 aromatic carbocycles. The Bertz CT molecular complexity index is 422. The van der Waals surface area contributed by atoms with Gasteiger partial charge in [-0.1, -0.05) is 12.8 Å². The molecule has 0 saturated heterocycles. The van der Waals surface area contributed by atoms with E-state index in [0.717, 1.165) is 38.5 Å². The molecule has 5 rings (SSSR count). The average molecular weight is 232 g/mol. The first-order valence-electron chi connectivity index (χ1n) is 6.78. The second kappa shape index (κ2) is 2.88. The van der Waals surface area contributed by atoms with Crippen molar-refractivity contribution in [2.75, 3.05) is 0 Å². The van der Waals surface area contributed by atoms with Crippen molar-refractivity contribution in [3.8, 4) is 0 Å². The van der Waals surface area contributed by atoms with Gasteiger partial charge in [-0.05, 0) is 37.5 Å². The standard InChI is InChI=1S/C14H16O3/c15-11-8-5-7-6-9(11)13(17)14(12(8)16)4-2-1-3-10(7)14/h7-10H,1-6H2. The molecule has 3 atom stereocenters. The molecule has 0 N–H and O–H groups in total. The lowest BCUT2D eigenvalue weighted by molar-refractivity contribution is -0.180. The van der Waals surface area contributed by atoms with Gasteiger partial charge in [0, 0.05) is 0 Å². The number of Topliss-reactive ketones (excluding diaryl/α,β-unsaturated/α-hetero) is 3. The van der Waals surface area contributed by atoms with E-state index >= 15 is 0 Å². The minimum absolute atomic E-state index is 0.00407. The molecule has 3 nitrogen and oxygen atoms in total. The highest BCUT2D eigenvalue weighted by Crippen LogP contribution is 2.62. The van der Waals surface area contributed by atoms with Crippen LogP contribution in [-0.2, 0) is 14.4 Å². The summed E-state index contributed by atoms with van der Waals surface area (Å²) in [6, 6.07) is 0. The van der Waals surface area contributed by atoms with Crippen LogP contribution < -0.4 is 0 Å². The fourth-order valence-electron chi connectivity index (χ4n) is 5.17. The summed E-state index contributed by atoms with van der Waals surface area (Å²) in [4.78, 5) is 37.0. The minimum Gasteiger partial charge on any atom is -0.298 e. The van der Waals surface area contributed by atoms with E-state index in [2.05, 4.69) is 0 Å². The van der Waals surface area contributed by atoms with Crippen molar-refractivity contribution in [3.63, 3.8) is 0 Å². The van der Waals surface area contributed by atoms with Crippen molar-refractivity contribution in [1.82, 2.24) is 0 Å². The Labute approximate surface area is 99.9 Å². The first-order valence-corrected chi connectivity index (χ1v) is 6.78. The minimum atomic E-state index is -0.706. The Hall–Kier alpha value is -0.990. The molecule has 0 amide bonds. The Kier molecular flexibility index (Phi) is 1.69. The summed E-state index contributed by atoms with van der Waals surface area (Å²) in [5.74, 6) is -0.119. The molecule has 90 valence electrons. The molecule has 0 aliphatic heterocycles. The molecule has 4 bridgehead atoms. The second-order valence-electron chi connectivity index (χ2n) is 6.29. The molecule has 5 aliphatic rings. The topological polar surface area (TPSA) is 51.2 Å². The lowest BCUT2D eigenvalue weighted by Gasteiger charge is -2.59. The van der Waals surface area contributed by atoms with Crippen LogP contribution in [-0.4, -0.2) is 17.3 Å². The lowest BCUT2D eigenvalue weighted by atomic mass is 9.40. The first kappa shape index (κ1) is 9.98. The van der Waals surface area contributed by atoms with Gasteiger partial charge in [-0.25, -0.2) is 0 Å². The van der Waals surface area contributed by atoms with E-state index in [1.807, 2.05) is 0 Å². The van der Waals surface area contributed by atoms with Gasteiger partial charge in [0.05, 0.1) is 17.3 Å². The molecule has 5 saturated carbocycles. The van der Waals surface area contributed by atoms with Gasteiger partial charge in [0.2, 0.25) is 0 Å². The normalized spacial score (nSPS) is 51.9. The van der Waals surface area contributed by atoms with Gasteiger partial charge in [0.1, 0.15) is 0 Å². The van der Waals surface area contributed by atoms with E-state index in [9.17, 15) is 14.4 Å². The summed E-state index contributed by atoms with van der Waals surface area (Å²) in [6.45, 7) is 0. The van der Waals surface area contributed by atoms with E-state index in [0.29, 0.717) is 5.92 Å². The number of carbonyl (C=O) groups excluding carboxylic acids is 3. The van der Waals surface area contributed by atoms with Crippen molar-refractivity contribution in [2.24, 2.45) is 29.1 Å². The van der Waals surface area contributed by atoms with Crippen molar-refractivity contribution in [1.29, 1.82) is 0 Å². The largest absolute Gasteiger partial charge is 0.298 e. The van der Waals surface area contributed by atoms with Crippen LogP contribution in [0.25, 0.3) is 0 Å². The van der Waals surface area contributed by atoms with Gasteiger partial charge in [-0.15, -0.1) is 0 Å². The zero-order chi connectivity index (χ0) is 11.8. The van der Waals surface area contributed by atoms with Crippen LogP contribution in [0.1, 0.15) is 38.5 Å². The highest BCUT2D eigenvalue weighted by molar-refractivity contribution is 6.27. The maximum Gasteiger partial charge on any atom is 0.157 e. The molecule has 0 aromatic heterocycles. The SMILES string of the molecule is O=C1C2CC3CC1C(=O)C1(CCCCC31)C2=O. The predicted octanol–water partition coefficient (Wildman–Crippen LogP) is 1.54. The van der Waals surface area contributed by atoms with Crippen LogP contribution in [0.4, 0.5) is 0 Å². The molecule has 3 heteroatoms. The zero-order valence-electron chi connectivity index (χ0n) is 9.78. The molecule has 0 radical (unpaired) electrons. The molecule has 3 unspecified atom stereocenters. The Morgan fingerprint density at radius 2 is 1.59 bits per heavy atom. The highest BCUT2D eigenvalue weighted by Gasteiger charge is 2.70. The van der Waals surface area contributed by atoms with Crippen LogP contribution in [0, 0.1) is 29.1 Å². The van der Waals surface area contributed by atoms with E-state index in [1.54, 1.807) is 0 Å². The Morgan fingerprint density at radius 1 is 0.941 bits per heavy atom. The van der Waals surface area contributed by atoms with Crippen molar-refractivity contribution >= 4 is 17.3 Å². The third kappa shape index (κ3) is 0.904. The van der Waals surface area contributed by atoms with Crippen LogP contribution in [0.2, 0.25) is 0 Å². The van der Waals surface area contributed by atoms with Crippen LogP contribution in [0.5, 0.6) is 0 Å². The summed E-state index contributed by atoms with van der Waals surface area (Å²) >= 11 is 0. The van der Waals surface area contributed by atoms with Crippen LogP contribution in [0.15, 0.2) is 0 Å². The fraction of sp³-hybridized carbons (Fsp3) is 0.786. The molecule has 1 spiro atoms. The molecule has 17 heavy (non-hydrogen) atoms. The summed E-state index contributed by atoms with van der Waals surface area (Å²) in [6.07, 6.45) is 5.37. The van der Waals surface area contributed by atoms with Crippen molar-refractivity contribution in [3.05, 3.63) is 0 Å². The Balaban J connectivity index is 1.91. The van der Waals surface area contributed by atoms with Gasteiger partial charge < -0.3 is 0 Å². The van der Waals surface area contributed by atoms with E-state index < -0.39 is 17.3 Å². The summed E-state index contributed by atoms with van der Waals surface area (Å²) < 4.78 is 0. The quantitative estimate of drug-likeness (QED) is 0.595. The summed E-state index contributed by atoms with van der Waals surface area (Å²) in [5.41, 5.74) is -0.706.